The Kier molecular flexibility index (Phi) is 2.47. The standard InChI is InChI=1S/C13H16FNO2/c14-10-4-3-9(11-12(10)17-8-16-11)13(7-15)5-1-2-6-13/h3-4H,1-2,5-8,15H2. The van der Waals surface area contributed by atoms with Gasteiger partial charge in [-0.05, 0) is 18.9 Å². The number of rotatable bonds is 2. The first-order chi connectivity index (χ1) is 8.27. The molecule has 2 aliphatic rings. The van der Waals surface area contributed by atoms with Crippen molar-refractivity contribution < 1.29 is 13.9 Å². The summed E-state index contributed by atoms with van der Waals surface area (Å²) < 4.78 is 24.2. The molecule has 17 heavy (non-hydrogen) atoms. The Morgan fingerprint density at radius 3 is 2.59 bits per heavy atom. The maximum Gasteiger partial charge on any atom is 0.231 e. The van der Waals surface area contributed by atoms with Crippen molar-refractivity contribution in [3.8, 4) is 11.5 Å². The van der Waals surface area contributed by atoms with Crippen LogP contribution in [0.25, 0.3) is 0 Å². The van der Waals surface area contributed by atoms with Crippen molar-refractivity contribution in [1.82, 2.24) is 0 Å². The lowest BCUT2D eigenvalue weighted by atomic mass is 9.78. The fourth-order valence-electron chi connectivity index (χ4n) is 3.02. The Labute approximate surface area is 99.7 Å². The topological polar surface area (TPSA) is 44.5 Å². The Morgan fingerprint density at radius 1 is 1.18 bits per heavy atom. The average molecular weight is 237 g/mol. The third-order valence-corrected chi connectivity index (χ3v) is 3.99. The molecule has 1 fully saturated rings. The van der Waals surface area contributed by atoms with E-state index in [0.717, 1.165) is 18.4 Å². The van der Waals surface area contributed by atoms with Gasteiger partial charge in [-0.15, -0.1) is 0 Å². The van der Waals surface area contributed by atoms with Crippen LogP contribution in [-0.2, 0) is 5.41 Å². The first-order valence-electron chi connectivity index (χ1n) is 6.05. The van der Waals surface area contributed by atoms with E-state index in [0.29, 0.717) is 12.3 Å². The zero-order valence-electron chi connectivity index (χ0n) is 9.67. The Balaban J connectivity index is 2.12. The van der Waals surface area contributed by atoms with Gasteiger partial charge in [0.1, 0.15) is 0 Å². The van der Waals surface area contributed by atoms with Gasteiger partial charge in [0.15, 0.2) is 11.6 Å². The van der Waals surface area contributed by atoms with Crippen molar-refractivity contribution in [2.24, 2.45) is 5.73 Å². The van der Waals surface area contributed by atoms with E-state index in [1.54, 1.807) is 6.07 Å². The van der Waals surface area contributed by atoms with Crippen molar-refractivity contribution >= 4 is 0 Å². The molecule has 3 nitrogen and oxygen atoms in total. The van der Waals surface area contributed by atoms with Crippen molar-refractivity contribution in [2.75, 3.05) is 13.3 Å². The minimum absolute atomic E-state index is 0.0501. The fourth-order valence-corrected chi connectivity index (χ4v) is 3.02. The van der Waals surface area contributed by atoms with Crippen molar-refractivity contribution in [2.45, 2.75) is 31.1 Å². The second-order valence-corrected chi connectivity index (χ2v) is 4.85. The molecular weight excluding hydrogens is 221 g/mol. The van der Waals surface area contributed by atoms with E-state index in [9.17, 15) is 4.39 Å². The number of hydrogen-bond acceptors (Lipinski definition) is 3. The summed E-state index contributed by atoms with van der Waals surface area (Å²) in [6, 6.07) is 3.26. The van der Waals surface area contributed by atoms with Crippen molar-refractivity contribution in [3.05, 3.63) is 23.5 Å². The highest BCUT2D eigenvalue weighted by molar-refractivity contribution is 5.52. The van der Waals surface area contributed by atoms with Crippen molar-refractivity contribution in [1.29, 1.82) is 0 Å². The van der Waals surface area contributed by atoms with E-state index in [-0.39, 0.29) is 23.8 Å². The van der Waals surface area contributed by atoms with E-state index in [2.05, 4.69) is 0 Å². The average Bonchev–Trinajstić information content (AvgIpc) is 2.99. The molecule has 0 saturated heterocycles. The third kappa shape index (κ3) is 1.51. The monoisotopic (exact) mass is 237 g/mol. The number of fused-ring (bicyclic) bond motifs is 1. The molecule has 4 heteroatoms. The van der Waals surface area contributed by atoms with E-state index >= 15 is 0 Å². The zero-order chi connectivity index (χ0) is 11.9. The lowest BCUT2D eigenvalue weighted by Crippen LogP contribution is -2.32. The van der Waals surface area contributed by atoms with E-state index < -0.39 is 0 Å². The summed E-state index contributed by atoms with van der Waals surface area (Å²) in [6.45, 7) is 0.679. The van der Waals surface area contributed by atoms with Gasteiger partial charge in [-0.2, -0.15) is 0 Å². The van der Waals surface area contributed by atoms with Gasteiger partial charge < -0.3 is 15.2 Å². The van der Waals surface area contributed by atoms with Crippen LogP contribution in [0.4, 0.5) is 4.39 Å². The van der Waals surface area contributed by atoms with Gasteiger partial charge in [0.25, 0.3) is 0 Å². The zero-order valence-corrected chi connectivity index (χ0v) is 9.67. The summed E-state index contributed by atoms with van der Waals surface area (Å²) in [5.41, 5.74) is 6.91. The summed E-state index contributed by atoms with van der Waals surface area (Å²) in [5, 5.41) is 0. The van der Waals surface area contributed by atoms with E-state index in [1.165, 1.54) is 18.9 Å². The van der Waals surface area contributed by atoms with E-state index in [4.69, 9.17) is 15.2 Å². The number of ether oxygens (including phenoxy) is 2. The van der Waals surface area contributed by atoms with Gasteiger partial charge in [-0.3, -0.25) is 0 Å². The lowest BCUT2D eigenvalue weighted by Gasteiger charge is -2.28. The second kappa shape index (κ2) is 3.88. The molecule has 1 heterocycles. The number of benzene rings is 1. The largest absolute Gasteiger partial charge is 0.453 e. The molecule has 0 atom stereocenters. The van der Waals surface area contributed by atoms with Crippen LogP contribution in [0.15, 0.2) is 12.1 Å². The molecule has 0 amide bonds. The predicted octanol–water partition coefficient (Wildman–Crippen LogP) is 2.32. The highest BCUT2D eigenvalue weighted by Crippen LogP contribution is 2.49. The van der Waals surface area contributed by atoms with Crippen LogP contribution < -0.4 is 15.2 Å². The molecule has 2 N–H and O–H groups in total. The fraction of sp³-hybridized carbons (Fsp3) is 0.538. The molecule has 0 aromatic heterocycles. The third-order valence-electron chi connectivity index (χ3n) is 3.99. The highest BCUT2D eigenvalue weighted by atomic mass is 19.1. The molecule has 3 rings (SSSR count). The van der Waals surface area contributed by atoms with Crippen LogP contribution in [0.2, 0.25) is 0 Å². The van der Waals surface area contributed by atoms with Gasteiger partial charge in [-0.1, -0.05) is 18.9 Å². The first kappa shape index (κ1) is 10.8. The molecule has 1 aliphatic heterocycles. The van der Waals surface area contributed by atoms with Gasteiger partial charge >= 0.3 is 0 Å². The minimum Gasteiger partial charge on any atom is -0.453 e. The van der Waals surface area contributed by atoms with Gasteiger partial charge in [0, 0.05) is 17.5 Å². The molecule has 0 bridgehead atoms. The molecule has 1 saturated carbocycles. The van der Waals surface area contributed by atoms with Crippen LogP contribution in [0, 0.1) is 5.82 Å². The summed E-state index contributed by atoms with van der Waals surface area (Å²) in [6.07, 6.45) is 4.43. The molecule has 92 valence electrons. The van der Waals surface area contributed by atoms with Gasteiger partial charge in [0.05, 0.1) is 0 Å². The Morgan fingerprint density at radius 2 is 1.88 bits per heavy atom. The molecule has 1 aliphatic carbocycles. The summed E-state index contributed by atoms with van der Waals surface area (Å²) >= 11 is 0. The minimum atomic E-state index is -0.355. The number of halogens is 1. The van der Waals surface area contributed by atoms with Crippen LogP contribution in [0.1, 0.15) is 31.2 Å². The summed E-state index contributed by atoms with van der Waals surface area (Å²) in [7, 11) is 0. The second-order valence-electron chi connectivity index (χ2n) is 4.85. The van der Waals surface area contributed by atoms with E-state index in [1.807, 2.05) is 0 Å². The number of hydrogen-bond donors (Lipinski definition) is 1. The normalized spacial score (nSPS) is 20.8. The summed E-state index contributed by atoms with van der Waals surface area (Å²) in [4.78, 5) is 0. The highest BCUT2D eigenvalue weighted by Gasteiger charge is 2.39. The molecule has 0 spiro atoms. The molecule has 0 radical (unpaired) electrons. The molecule has 1 aromatic rings. The molecule has 1 aromatic carbocycles. The Bertz CT molecular complexity index is 441. The van der Waals surface area contributed by atoms with Crippen LogP contribution in [0.5, 0.6) is 11.5 Å². The molecular formula is C13H16FNO2. The van der Waals surface area contributed by atoms with Crippen molar-refractivity contribution in [3.63, 3.8) is 0 Å². The Hall–Kier alpha value is -1.29. The lowest BCUT2D eigenvalue weighted by molar-refractivity contribution is 0.169. The smallest absolute Gasteiger partial charge is 0.231 e. The first-order valence-corrected chi connectivity index (χ1v) is 6.05. The maximum atomic E-state index is 13.6. The predicted molar refractivity (Wildman–Crippen MR) is 61.7 cm³/mol. The quantitative estimate of drug-likeness (QED) is 0.858. The SMILES string of the molecule is NCC1(c2ccc(F)c3c2OCO3)CCCC1. The van der Waals surface area contributed by atoms with Crippen LogP contribution in [-0.4, -0.2) is 13.3 Å². The maximum absolute atomic E-state index is 13.6. The van der Waals surface area contributed by atoms with Crippen LogP contribution in [0.3, 0.4) is 0 Å². The van der Waals surface area contributed by atoms with Gasteiger partial charge in [-0.25, -0.2) is 4.39 Å². The molecule has 0 unspecified atom stereocenters. The number of nitrogens with two attached hydrogens (primary N) is 1. The summed E-state index contributed by atoms with van der Waals surface area (Å²) in [5.74, 6) is 0.464. The van der Waals surface area contributed by atoms with Crippen LogP contribution >= 0.6 is 0 Å². The van der Waals surface area contributed by atoms with Gasteiger partial charge in [0.2, 0.25) is 12.5 Å².